The van der Waals surface area contributed by atoms with Crippen molar-refractivity contribution in [2.24, 2.45) is 0 Å². The molecule has 1 aromatic rings. The lowest BCUT2D eigenvalue weighted by Crippen LogP contribution is -2.46. The van der Waals surface area contributed by atoms with Gasteiger partial charge in [-0.2, -0.15) is 0 Å². The average Bonchev–Trinajstić information content (AvgIpc) is 2.49. The molecule has 1 aromatic carbocycles. The van der Waals surface area contributed by atoms with E-state index >= 15 is 0 Å². The molecule has 0 aromatic heterocycles. The summed E-state index contributed by atoms with van der Waals surface area (Å²) >= 11 is 0. The minimum atomic E-state index is 0.150. The summed E-state index contributed by atoms with van der Waals surface area (Å²) in [7, 11) is 0. The molecule has 1 unspecified atom stereocenters. The van der Waals surface area contributed by atoms with E-state index in [-0.39, 0.29) is 11.8 Å². The van der Waals surface area contributed by atoms with Crippen molar-refractivity contribution in [3.63, 3.8) is 0 Å². The number of benzene rings is 1. The number of hydrogen-bond donors (Lipinski definition) is 2. The zero-order valence-corrected chi connectivity index (χ0v) is 12.3. The molecular formula is C16H25N3O. The number of nitrogens with one attached hydrogen (secondary N) is 2. The van der Waals surface area contributed by atoms with E-state index in [9.17, 15) is 4.79 Å². The van der Waals surface area contributed by atoms with Crippen LogP contribution in [0.25, 0.3) is 0 Å². The van der Waals surface area contributed by atoms with Crippen molar-refractivity contribution >= 4 is 5.91 Å². The van der Waals surface area contributed by atoms with E-state index in [1.54, 1.807) is 0 Å². The van der Waals surface area contributed by atoms with Crippen molar-refractivity contribution in [2.75, 3.05) is 39.3 Å². The molecule has 0 radical (unpaired) electrons. The van der Waals surface area contributed by atoms with E-state index in [2.05, 4.69) is 34.6 Å². The maximum Gasteiger partial charge on any atom is 0.220 e. The Labute approximate surface area is 121 Å². The normalized spacial score (nSPS) is 17.6. The van der Waals surface area contributed by atoms with Crippen molar-refractivity contribution in [1.29, 1.82) is 0 Å². The smallest absolute Gasteiger partial charge is 0.220 e. The second-order valence-electron chi connectivity index (χ2n) is 5.46. The molecule has 0 bridgehead atoms. The lowest BCUT2D eigenvalue weighted by Gasteiger charge is -2.27. The molecule has 110 valence electrons. The molecule has 1 aliphatic rings. The fourth-order valence-electron chi connectivity index (χ4n) is 2.54. The zero-order valence-electron chi connectivity index (χ0n) is 12.3. The van der Waals surface area contributed by atoms with Gasteiger partial charge in [0.05, 0.1) is 0 Å². The molecule has 1 heterocycles. The first-order valence-electron chi connectivity index (χ1n) is 7.50. The number of nitrogens with zero attached hydrogens (tertiary/aromatic N) is 1. The topological polar surface area (TPSA) is 44.4 Å². The Morgan fingerprint density at radius 1 is 1.30 bits per heavy atom. The van der Waals surface area contributed by atoms with Gasteiger partial charge in [-0.1, -0.05) is 37.3 Å². The van der Waals surface area contributed by atoms with Gasteiger partial charge in [-0.3, -0.25) is 9.69 Å². The molecule has 4 heteroatoms. The number of rotatable bonds is 6. The Morgan fingerprint density at radius 2 is 2.00 bits per heavy atom. The summed E-state index contributed by atoms with van der Waals surface area (Å²) in [6.45, 7) is 8.07. The Balaban J connectivity index is 1.65. The second-order valence-corrected chi connectivity index (χ2v) is 5.46. The summed E-state index contributed by atoms with van der Waals surface area (Å²) in [5.74, 6) is 0.423. The fraction of sp³-hybridized carbons (Fsp3) is 0.562. The summed E-state index contributed by atoms with van der Waals surface area (Å²) in [5, 5.41) is 6.36. The van der Waals surface area contributed by atoms with Gasteiger partial charge < -0.3 is 10.6 Å². The second kappa shape index (κ2) is 8.02. The molecule has 20 heavy (non-hydrogen) atoms. The summed E-state index contributed by atoms with van der Waals surface area (Å²) in [5.41, 5.74) is 1.23. The molecule has 1 amide bonds. The van der Waals surface area contributed by atoms with Crippen molar-refractivity contribution in [2.45, 2.75) is 19.3 Å². The molecule has 0 aliphatic carbocycles. The number of amides is 1. The van der Waals surface area contributed by atoms with Crippen LogP contribution in [-0.2, 0) is 4.79 Å². The summed E-state index contributed by atoms with van der Waals surface area (Å²) in [4.78, 5) is 14.3. The SMILES string of the molecule is CC(CC(=O)NCCN1CCNCC1)c1ccccc1. The van der Waals surface area contributed by atoms with Crippen LogP contribution in [0.3, 0.4) is 0 Å². The van der Waals surface area contributed by atoms with E-state index in [4.69, 9.17) is 0 Å². The molecule has 0 saturated carbocycles. The highest BCUT2D eigenvalue weighted by molar-refractivity contribution is 5.76. The Morgan fingerprint density at radius 3 is 2.70 bits per heavy atom. The van der Waals surface area contributed by atoms with E-state index in [0.29, 0.717) is 6.42 Å². The number of carbonyl (C=O) groups is 1. The van der Waals surface area contributed by atoms with E-state index in [1.807, 2.05) is 18.2 Å². The molecule has 1 saturated heterocycles. The summed E-state index contributed by atoms with van der Waals surface area (Å²) < 4.78 is 0. The van der Waals surface area contributed by atoms with Crippen LogP contribution in [0.5, 0.6) is 0 Å². The first-order chi connectivity index (χ1) is 9.75. The van der Waals surface area contributed by atoms with Gasteiger partial charge in [-0.15, -0.1) is 0 Å². The van der Waals surface area contributed by atoms with Gasteiger partial charge in [0.1, 0.15) is 0 Å². The Hall–Kier alpha value is -1.39. The first-order valence-corrected chi connectivity index (χ1v) is 7.50. The van der Waals surface area contributed by atoms with Gasteiger partial charge in [0, 0.05) is 45.7 Å². The van der Waals surface area contributed by atoms with Crippen LogP contribution in [0.2, 0.25) is 0 Å². The van der Waals surface area contributed by atoms with Crippen LogP contribution in [-0.4, -0.2) is 50.1 Å². The van der Waals surface area contributed by atoms with E-state index in [1.165, 1.54) is 5.56 Å². The van der Waals surface area contributed by atoms with Crippen LogP contribution in [0, 0.1) is 0 Å². The zero-order chi connectivity index (χ0) is 14.2. The van der Waals surface area contributed by atoms with Crippen LogP contribution < -0.4 is 10.6 Å². The predicted molar refractivity (Wildman–Crippen MR) is 81.8 cm³/mol. The third-order valence-electron chi connectivity index (χ3n) is 3.82. The average molecular weight is 275 g/mol. The number of carbonyl (C=O) groups excluding carboxylic acids is 1. The van der Waals surface area contributed by atoms with Crippen LogP contribution in [0.4, 0.5) is 0 Å². The molecule has 0 spiro atoms. The Bertz CT molecular complexity index is 401. The number of hydrogen-bond acceptors (Lipinski definition) is 3. The molecule has 1 aliphatic heterocycles. The highest BCUT2D eigenvalue weighted by Gasteiger charge is 2.12. The standard InChI is InChI=1S/C16H25N3O/c1-14(15-5-3-2-4-6-15)13-16(20)18-9-12-19-10-7-17-8-11-19/h2-6,14,17H,7-13H2,1H3,(H,18,20). The van der Waals surface area contributed by atoms with Gasteiger partial charge in [0.25, 0.3) is 0 Å². The maximum absolute atomic E-state index is 11.9. The van der Waals surface area contributed by atoms with Crippen molar-refractivity contribution in [3.05, 3.63) is 35.9 Å². The highest BCUT2D eigenvalue weighted by Crippen LogP contribution is 2.17. The first kappa shape index (κ1) is 15.0. The predicted octanol–water partition coefficient (Wildman–Crippen LogP) is 1.20. The van der Waals surface area contributed by atoms with Crippen molar-refractivity contribution in [3.8, 4) is 0 Å². The Kier molecular flexibility index (Phi) is 6.02. The quantitative estimate of drug-likeness (QED) is 0.820. The molecular weight excluding hydrogens is 250 g/mol. The van der Waals surface area contributed by atoms with Gasteiger partial charge >= 0.3 is 0 Å². The van der Waals surface area contributed by atoms with Crippen LogP contribution >= 0.6 is 0 Å². The fourth-order valence-corrected chi connectivity index (χ4v) is 2.54. The van der Waals surface area contributed by atoms with Crippen molar-refractivity contribution in [1.82, 2.24) is 15.5 Å². The maximum atomic E-state index is 11.9. The van der Waals surface area contributed by atoms with E-state index < -0.39 is 0 Å². The van der Waals surface area contributed by atoms with Crippen LogP contribution in [0.15, 0.2) is 30.3 Å². The summed E-state index contributed by atoms with van der Waals surface area (Å²) in [6, 6.07) is 10.2. The third kappa shape index (κ3) is 4.94. The third-order valence-corrected chi connectivity index (χ3v) is 3.82. The number of piperazine rings is 1. The molecule has 2 N–H and O–H groups in total. The largest absolute Gasteiger partial charge is 0.355 e. The van der Waals surface area contributed by atoms with E-state index in [0.717, 1.165) is 39.3 Å². The van der Waals surface area contributed by atoms with Crippen LogP contribution in [0.1, 0.15) is 24.8 Å². The molecule has 1 fully saturated rings. The minimum absolute atomic E-state index is 0.150. The highest BCUT2D eigenvalue weighted by atomic mass is 16.1. The van der Waals surface area contributed by atoms with Crippen molar-refractivity contribution < 1.29 is 4.79 Å². The van der Waals surface area contributed by atoms with Gasteiger partial charge in [0.15, 0.2) is 0 Å². The summed E-state index contributed by atoms with van der Waals surface area (Å²) in [6.07, 6.45) is 0.561. The molecule has 1 atom stereocenters. The lowest BCUT2D eigenvalue weighted by molar-refractivity contribution is -0.121. The lowest BCUT2D eigenvalue weighted by atomic mass is 9.98. The molecule has 2 rings (SSSR count). The molecule has 4 nitrogen and oxygen atoms in total. The van der Waals surface area contributed by atoms with Gasteiger partial charge in [-0.25, -0.2) is 0 Å². The monoisotopic (exact) mass is 275 g/mol. The van der Waals surface area contributed by atoms with Gasteiger partial charge in [0.2, 0.25) is 5.91 Å². The minimum Gasteiger partial charge on any atom is -0.355 e. The van der Waals surface area contributed by atoms with Gasteiger partial charge in [-0.05, 0) is 11.5 Å².